The second-order valence-corrected chi connectivity index (χ2v) is 7.15. The molecule has 4 heteroatoms. The van der Waals surface area contributed by atoms with Crippen LogP contribution in [0.5, 0.6) is 0 Å². The van der Waals surface area contributed by atoms with E-state index in [9.17, 15) is 4.79 Å². The van der Waals surface area contributed by atoms with Crippen molar-refractivity contribution in [2.45, 2.75) is 37.7 Å². The van der Waals surface area contributed by atoms with Gasteiger partial charge >= 0.3 is 0 Å². The van der Waals surface area contributed by atoms with E-state index in [1.54, 1.807) is 0 Å². The standard InChI is InChI=1S/C22H24N2O2/c25-22(21-15-20(23-26-21)14-17-8-3-1-4-9-17)24-13-7-12-19(16-24)18-10-5-2-6-11-18/h1-6,8-11,19,21H,7,12-16H2/t19-,21+/m1/s1. The second kappa shape index (κ2) is 7.73. The molecular formula is C22H24N2O2. The summed E-state index contributed by atoms with van der Waals surface area (Å²) < 4.78 is 0. The number of benzene rings is 2. The number of hydrogen-bond donors (Lipinski definition) is 0. The number of piperidine rings is 1. The topological polar surface area (TPSA) is 41.9 Å². The molecule has 26 heavy (non-hydrogen) atoms. The molecule has 0 unspecified atom stereocenters. The summed E-state index contributed by atoms with van der Waals surface area (Å²) >= 11 is 0. The third-order valence-corrected chi connectivity index (χ3v) is 5.26. The quantitative estimate of drug-likeness (QED) is 0.844. The van der Waals surface area contributed by atoms with Crippen LogP contribution in [0.2, 0.25) is 0 Å². The van der Waals surface area contributed by atoms with E-state index >= 15 is 0 Å². The van der Waals surface area contributed by atoms with Gasteiger partial charge in [0.2, 0.25) is 6.10 Å². The van der Waals surface area contributed by atoms with Gasteiger partial charge in [-0.05, 0) is 24.0 Å². The Kier molecular flexibility index (Phi) is 5.00. The molecule has 0 aromatic heterocycles. The minimum absolute atomic E-state index is 0.0810. The smallest absolute Gasteiger partial charge is 0.266 e. The molecule has 134 valence electrons. The van der Waals surface area contributed by atoms with Gasteiger partial charge in [0, 0.05) is 31.8 Å². The van der Waals surface area contributed by atoms with Crippen LogP contribution in [0.4, 0.5) is 0 Å². The molecule has 0 radical (unpaired) electrons. The highest BCUT2D eigenvalue weighted by Gasteiger charge is 2.34. The van der Waals surface area contributed by atoms with E-state index in [0.717, 1.165) is 38.1 Å². The summed E-state index contributed by atoms with van der Waals surface area (Å²) in [6.45, 7) is 1.59. The monoisotopic (exact) mass is 348 g/mol. The molecule has 2 aromatic carbocycles. The molecule has 0 saturated carbocycles. The lowest BCUT2D eigenvalue weighted by atomic mass is 9.90. The third kappa shape index (κ3) is 3.79. The van der Waals surface area contributed by atoms with Crippen molar-refractivity contribution < 1.29 is 9.63 Å². The molecule has 0 spiro atoms. The van der Waals surface area contributed by atoms with Gasteiger partial charge in [-0.25, -0.2) is 0 Å². The van der Waals surface area contributed by atoms with Crippen molar-refractivity contribution in [1.82, 2.24) is 4.90 Å². The van der Waals surface area contributed by atoms with Gasteiger partial charge in [-0.15, -0.1) is 0 Å². The van der Waals surface area contributed by atoms with Gasteiger partial charge in [-0.2, -0.15) is 0 Å². The van der Waals surface area contributed by atoms with Gasteiger partial charge in [0.15, 0.2) is 0 Å². The second-order valence-electron chi connectivity index (χ2n) is 7.15. The van der Waals surface area contributed by atoms with Gasteiger partial charge in [0.1, 0.15) is 0 Å². The van der Waals surface area contributed by atoms with Gasteiger partial charge in [0.25, 0.3) is 5.91 Å². The number of carbonyl (C=O) groups is 1. The fourth-order valence-electron chi connectivity index (χ4n) is 3.87. The molecule has 4 rings (SSSR count). The molecule has 2 aliphatic rings. The molecule has 2 heterocycles. The Morgan fingerprint density at radius 2 is 1.81 bits per heavy atom. The number of nitrogens with zero attached hydrogens (tertiary/aromatic N) is 2. The van der Waals surface area contributed by atoms with E-state index in [4.69, 9.17) is 4.84 Å². The van der Waals surface area contributed by atoms with Gasteiger partial charge in [-0.3, -0.25) is 4.79 Å². The first-order valence-corrected chi connectivity index (χ1v) is 9.39. The molecule has 1 fully saturated rings. The summed E-state index contributed by atoms with van der Waals surface area (Å²) in [6, 6.07) is 20.7. The molecule has 2 aromatic rings. The maximum atomic E-state index is 12.9. The highest BCUT2D eigenvalue weighted by molar-refractivity contribution is 5.94. The Labute approximate surface area is 154 Å². The van der Waals surface area contributed by atoms with Crippen LogP contribution in [-0.2, 0) is 16.1 Å². The SMILES string of the molecule is O=C([C@@H]1CC(Cc2ccccc2)=NO1)N1CCC[C@@H](c2ccccc2)C1. The molecule has 0 bridgehead atoms. The van der Waals surface area contributed by atoms with Crippen molar-refractivity contribution in [3.8, 4) is 0 Å². The van der Waals surface area contributed by atoms with E-state index in [1.165, 1.54) is 11.1 Å². The first-order valence-electron chi connectivity index (χ1n) is 9.39. The predicted octanol–water partition coefficient (Wildman–Crippen LogP) is 3.78. The average molecular weight is 348 g/mol. The number of hydrogen-bond acceptors (Lipinski definition) is 3. The zero-order valence-electron chi connectivity index (χ0n) is 14.9. The van der Waals surface area contributed by atoms with Crippen LogP contribution in [0.25, 0.3) is 0 Å². The molecule has 1 amide bonds. The fourth-order valence-corrected chi connectivity index (χ4v) is 3.87. The normalized spacial score (nSPS) is 22.6. The first kappa shape index (κ1) is 16.8. The van der Waals surface area contributed by atoms with Crippen LogP contribution in [0.15, 0.2) is 65.8 Å². The van der Waals surface area contributed by atoms with Gasteiger partial charge in [0.05, 0.1) is 5.71 Å². The maximum absolute atomic E-state index is 12.9. The minimum Gasteiger partial charge on any atom is -0.382 e. The highest BCUT2D eigenvalue weighted by atomic mass is 16.6. The lowest BCUT2D eigenvalue weighted by Crippen LogP contribution is -2.44. The largest absolute Gasteiger partial charge is 0.382 e. The van der Waals surface area contributed by atoms with Crippen LogP contribution in [0.1, 0.15) is 36.3 Å². The molecule has 4 nitrogen and oxygen atoms in total. The van der Waals surface area contributed by atoms with Crippen molar-refractivity contribution in [2.75, 3.05) is 13.1 Å². The van der Waals surface area contributed by atoms with Crippen LogP contribution in [0.3, 0.4) is 0 Å². The fraction of sp³-hybridized carbons (Fsp3) is 0.364. The molecule has 2 aliphatic heterocycles. The van der Waals surface area contributed by atoms with Crippen LogP contribution < -0.4 is 0 Å². The summed E-state index contributed by atoms with van der Waals surface area (Å²) in [5.74, 6) is 0.498. The Morgan fingerprint density at radius 3 is 2.58 bits per heavy atom. The molecule has 0 aliphatic carbocycles. The Morgan fingerprint density at radius 1 is 1.08 bits per heavy atom. The van der Waals surface area contributed by atoms with Crippen LogP contribution in [-0.4, -0.2) is 35.7 Å². The highest BCUT2D eigenvalue weighted by Crippen LogP contribution is 2.28. The number of amides is 1. The van der Waals surface area contributed by atoms with Gasteiger partial charge in [-0.1, -0.05) is 65.8 Å². The van der Waals surface area contributed by atoms with Crippen molar-refractivity contribution in [2.24, 2.45) is 5.16 Å². The summed E-state index contributed by atoms with van der Waals surface area (Å²) in [7, 11) is 0. The average Bonchev–Trinajstić information content (AvgIpc) is 3.17. The number of rotatable bonds is 4. The Hall–Kier alpha value is -2.62. The summed E-state index contributed by atoms with van der Waals surface area (Å²) in [5.41, 5.74) is 3.47. The third-order valence-electron chi connectivity index (χ3n) is 5.26. The van der Waals surface area contributed by atoms with Crippen molar-refractivity contribution in [1.29, 1.82) is 0 Å². The number of oxime groups is 1. The minimum atomic E-state index is -0.455. The predicted molar refractivity (Wildman–Crippen MR) is 102 cm³/mol. The first-order chi connectivity index (χ1) is 12.8. The molecule has 0 N–H and O–H groups in total. The molecule has 1 saturated heterocycles. The lowest BCUT2D eigenvalue weighted by Gasteiger charge is -2.34. The van der Waals surface area contributed by atoms with E-state index in [-0.39, 0.29) is 5.91 Å². The van der Waals surface area contributed by atoms with E-state index in [2.05, 4.69) is 41.6 Å². The van der Waals surface area contributed by atoms with Gasteiger partial charge < -0.3 is 9.74 Å². The zero-order valence-corrected chi connectivity index (χ0v) is 14.9. The van der Waals surface area contributed by atoms with Crippen LogP contribution >= 0.6 is 0 Å². The van der Waals surface area contributed by atoms with Crippen molar-refractivity contribution >= 4 is 11.6 Å². The zero-order chi connectivity index (χ0) is 17.8. The van der Waals surface area contributed by atoms with E-state index < -0.39 is 6.10 Å². The van der Waals surface area contributed by atoms with Crippen LogP contribution in [0, 0.1) is 0 Å². The maximum Gasteiger partial charge on any atom is 0.266 e. The Balaban J connectivity index is 1.35. The van der Waals surface area contributed by atoms with Crippen molar-refractivity contribution in [3.63, 3.8) is 0 Å². The summed E-state index contributed by atoms with van der Waals surface area (Å²) in [5, 5.41) is 4.17. The van der Waals surface area contributed by atoms with E-state index in [1.807, 2.05) is 29.2 Å². The van der Waals surface area contributed by atoms with E-state index in [0.29, 0.717) is 12.3 Å². The Bertz CT molecular complexity index is 773. The summed E-state index contributed by atoms with van der Waals surface area (Å²) in [4.78, 5) is 20.4. The summed E-state index contributed by atoms with van der Waals surface area (Å²) in [6.07, 6.45) is 3.06. The molecular weight excluding hydrogens is 324 g/mol. The van der Waals surface area contributed by atoms with Crippen molar-refractivity contribution in [3.05, 3.63) is 71.8 Å². The molecule has 2 atom stereocenters. The lowest BCUT2D eigenvalue weighted by molar-refractivity contribution is -0.143. The number of likely N-dealkylation sites (tertiary alicyclic amines) is 1. The number of carbonyl (C=O) groups excluding carboxylic acids is 1.